The van der Waals surface area contributed by atoms with Crippen molar-refractivity contribution < 1.29 is 14.3 Å². The van der Waals surface area contributed by atoms with Gasteiger partial charge in [0, 0.05) is 6.54 Å². The van der Waals surface area contributed by atoms with E-state index in [9.17, 15) is 9.90 Å². The summed E-state index contributed by atoms with van der Waals surface area (Å²) in [6, 6.07) is 9.06. The number of hydrogen-bond donors (Lipinski definition) is 2. The Labute approximate surface area is 112 Å². The molecule has 4 heteroatoms. The Kier molecular flexibility index (Phi) is 4.02. The van der Waals surface area contributed by atoms with Gasteiger partial charge in [-0.05, 0) is 37.1 Å². The number of benzene rings is 1. The molecular formula is C15H17NO3. The predicted molar refractivity (Wildman–Crippen MR) is 71.9 cm³/mol. The van der Waals surface area contributed by atoms with Crippen LogP contribution in [0.5, 0.6) is 0 Å². The lowest BCUT2D eigenvalue weighted by Crippen LogP contribution is -2.28. The number of carbonyl (C=O) groups is 1. The monoisotopic (exact) mass is 259 g/mol. The van der Waals surface area contributed by atoms with Crippen molar-refractivity contribution >= 4 is 5.91 Å². The van der Waals surface area contributed by atoms with Crippen molar-refractivity contribution in [1.82, 2.24) is 5.32 Å². The SMILES string of the molecule is Cc1ccc(C(O)CNC(=O)c2ccco2)c(C)c1. The molecule has 2 rings (SSSR count). The van der Waals surface area contributed by atoms with Crippen LogP contribution in [-0.4, -0.2) is 17.6 Å². The van der Waals surface area contributed by atoms with Crippen molar-refractivity contribution in [2.24, 2.45) is 0 Å². The minimum atomic E-state index is -0.723. The molecule has 1 aromatic carbocycles. The molecular weight excluding hydrogens is 242 g/mol. The van der Waals surface area contributed by atoms with Crippen LogP contribution in [0.4, 0.5) is 0 Å². The highest BCUT2D eigenvalue weighted by Gasteiger charge is 2.13. The molecule has 0 aliphatic heterocycles. The Hall–Kier alpha value is -2.07. The molecule has 0 saturated heterocycles. The van der Waals surface area contributed by atoms with E-state index < -0.39 is 6.10 Å². The van der Waals surface area contributed by atoms with Crippen molar-refractivity contribution in [3.05, 3.63) is 59.0 Å². The van der Waals surface area contributed by atoms with Gasteiger partial charge in [-0.3, -0.25) is 4.79 Å². The summed E-state index contributed by atoms with van der Waals surface area (Å²) < 4.78 is 4.98. The highest BCUT2D eigenvalue weighted by molar-refractivity contribution is 5.91. The number of hydrogen-bond acceptors (Lipinski definition) is 3. The molecule has 2 N–H and O–H groups in total. The lowest BCUT2D eigenvalue weighted by molar-refractivity contribution is 0.0888. The number of furan rings is 1. The Morgan fingerprint density at radius 3 is 2.79 bits per heavy atom. The topological polar surface area (TPSA) is 62.5 Å². The second-order valence-electron chi connectivity index (χ2n) is 4.56. The van der Waals surface area contributed by atoms with Gasteiger partial charge in [0.05, 0.1) is 12.4 Å². The molecule has 0 saturated carbocycles. The van der Waals surface area contributed by atoms with E-state index in [0.717, 1.165) is 16.7 Å². The highest BCUT2D eigenvalue weighted by atomic mass is 16.3. The largest absolute Gasteiger partial charge is 0.459 e. The summed E-state index contributed by atoms with van der Waals surface area (Å²) in [5.41, 5.74) is 2.98. The van der Waals surface area contributed by atoms with Gasteiger partial charge in [-0.1, -0.05) is 23.8 Å². The lowest BCUT2D eigenvalue weighted by Gasteiger charge is -2.14. The van der Waals surface area contributed by atoms with Gasteiger partial charge in [-0.2, -0.15) is 0 Å². The third-order valence-corrected chi connectivity index (χ3v) is 2.99. The van der Waals surface area contributed by atoms with E-state index in [-0.39, 0.29) is 18.2 Å². The number of nitrogens with one attached hydrogen (secondary N) is 1. The van der Waals surface area contributed by atoms with Gasteiger partial charge in [0.25, 0.3) is 5.91 Å². The molecule has 0 bridgehead atoms. The van der Waals surface area contributed by atoms with Crippen LogP contribution in [-0.2, 0) is 0 Å². The molecule has 1 atom stereocenters. The molecule has 2 aromatic rings. The molecule has 0 spiro atoms. The van der Waals surface area contributed by atoms with Crippen molar-refractivity contribution in [1.29, 1.82) is 0 Å². The summed E-state index contributed by atoms with van der Waals surface area (Å²) >= 11 is 0. The maximum Gasteiger partial charge on any atom is 0.287 e. The summed E-state index contributed by atoms with van der Waals surface area (Å²) in [6.45, 7) is 4.10. The molecule has 0 fully saturated rings. The fourth-order valence-corrected chi connectivity index (χ4v) is 1.99. The predicted octanol–water partition coefficient (Wildman–Crippen LogP) is 2.36. The van der Waals surface area contributed by atoms with Crippen molar-refractivity contribution in [3.63, 3.8) is 0 Å². The van der Waals surface area contributed by atoms with E-state index >= 15 is 0 Å². The van der Waals surface area contributed by atoms with Crippen LogP contribution in [0.2, 0.25) is 0 Å². The smallest absolute Gasteiger partial charge is 0.287 e. The lowest BCUT2D eigenvalue weighted by atomic mass is 10.0. The molecule has 19 heavy (non-hydrogen) atoms. The number of aryl methyl sites for hydroxylation is 2. The Morgan fingerprint density at radius 2 is 2.16 bits per heavy atom. The molecule has 0 aliphatic carbocycles. The Bertz CT molecular complexity index is 561. The molecule has 0 radical (unpaired) electrons. The van der Waals surface area contributed by atoms with Crippen LogP contribution in [0.3, 0.4) is 0 Å². The zero-order valence-electron chi connectivity index (χ0n) is 11.0. The van der Waals surface area contributed by atoms with Crippen LogP contribution in [0.15, 0.2) is 41.0 Å². The zero-order chi connectivity index (χ0) is 13.8. The number of aliphatic hydroxyl groups excluding tert-OH is 1. The Balaban J connectivity index is 1.98. The second kappa shape index (κ2) is 5.71. The van der Waals surface area contributed by atoms with Gasteiger partial charge in [0.1, 0.15) is 0 Å². The average molecular weight is 259 g/mol. The summed E-state index contributed by atoms with van der Waals surface area (Å²) in [4.78, 5) is 11.7. The fraction of sp³-hybridized carbons (Fsp3) is 0.267. The Morgan fingerprint density at radius 1 is 1.37 bits per heavy atom. The molecule has 1 amide bonds. The van der Waals surface area contributed by atoms with Crippen molar-refractivity contribution in [2.45, 2.75) is 20.0 Å². The molecule has 1 unspecified atom stereocenters. The molecule has 1 aromatic heterocycles. The van der Waals surface area contributed by atoms with E-state index in [0.29, 0.717) is 0 Å². The van der Waals surface area contributed by atoms with Crippen LogP contribution >= 0.6 is 0 Å². The maximum absolute atomic E-state index is 11.7. The van der Waals surface area contributed by atoms with Gasteiger partial charge < -0.3 is 14.8 Å². The normalized spacial score (nSPS) is 12.2. The summed E-state index contributed by atoms with van der Waals surface area (Å²) in [5, 5.41) is 12.7. The molecule has 1 heterocycles. The van der Waals surface area contributed by atoms with E-state index in [4.69, 9.17) is 4.42 Å². The van der Waals surface area contributed by atoms with Gasteiger partial charge in [-0.15, -0.1) is 0 Å². The third kappa shape index (κ3) is 3.23. The van der Waals surface area contributed by atoms with E-state index in [2.05, 4.69) is 5.32 Å². The summed E-state index contributed by atoms with van der Waals surface area (Å²) in [7, 11) is 0. The van der Waals surface area contributed by atoms with Gasteiger partial charge in [0.2, 0.25) is 0 Å². The number of aliphatic hydroxyl groups is 1. The first-order valence-corrected chi connectivity index (χ1v) is 6.15. The molecule has 0 aliphatic rings. The third-order valence-electron chi connectivity index (χ3n) is 2.99. The minimum absolute atomic E-state index is 0.156. The van der Waals surface area contributed by atoms with E-state index in [1.165, 1.54) is 6.26 Å². The first-order chi connectivity index (χ1) is 9.08. The quantitative estimate of drug-likeness (QED) is 0.886. The van der Waals surface area contributed by atoms with Crippen LogP contribution < -0.4 is 5.32 Å². The standard InChI is InChI=1S/C15H17NO3/c1-10-5-6-12(11(2)8-10)13(17)9-16-15(18)14-4-3-7-19-14/h3-8,13,17H,9H2,1-2H3,(H,16,18). The number of rotatable bonds is 4. The molecule has 4 nitrogen and oxygen atoms in total. The van der Waals surface area contributed by atoms with Crippen LogP contribution in [0, 0.1) is 13.8 Å². The van der Waals surface area contributed by atoms with Crippen molar-refractivity contribution in [3.8, 4) is 0 Å². The molecule has 100 valence electrons. The number of amides is 1. The highest BCUT2D eigenvalue weighted by Crippen LogP contribution is 2.18. The van der Waals surface area contributed by atoms with Crippen LogP contribution in [0.25, 0.3) is 0 Å². The summed E-state index contributed by atoms with van der Waals surface area (Å²) in [6.07, 6.45) is 0.717. The average Bonchev–Trinajstić information content (AvgIpc) is 2.89. The summed E-state index contributed by atoms with van der Waals surface area (Å²) in [5.74, 6) is -0.0818. The van der Waals surface area contributed by atoms with Gasteiger partial charge in [-0.25, -0.2) is 0 Å². The van der Waals surface area contributed by atoms with Gasteiger partial charge >= 0.3 is 0 Å². The zero-order valence-corrected chi connectivity index (χ0v) is 11.0. The van der Waals surface area contributed by atoms with E-state index in [1.54, 1.807) is 12.1 Å². The maximum atomic E-state index is 11.7. The van der Waals surface area contributed by atoms with Crippen LogP contribution in [0.1, 0.15) is 33.3 Å². The minimum Gasteiger partial charge on any atom is -0.459 e. The second-order valence-corrected chi connectivity index (χ2v) is 4.56. The first-order valence-electron chi connectivity index (χ1n) is 6.15. The van der Waals surface area contributed by atoms with Crippen molar-refractivity contribution in [2.75, 3.05) is 6.54 Å². The number of carbonyl (C=O) groups excluding carboxylic acids is 1. The van der Waals surface area contributed by atoms with E-state index in [1.807, 2.05) is 32.0 Å². The fourth-order valence-electron chi connectivity index (χ4n) is 1.99. The first kappa shape index (κ1) is 13.4. The van der Waals surface area contributed by atoms with Gasteiger partial charge in [0.15, 0.2) is 5.76 Å².